The van der Waals surface area contributed by atoms with Gasteiger partial charge in [0.1, 0.15) is 0 Å². The number of aliphatic hydroxyl groups excluding tert-OH is 1. The molecule has 1 spiro atoms. The number of piperidine rings is 1. The fourth-order valence-corrected chi connectivity index (χ4v) is 3.78. The lowest BCUT2D eigenvalue weighted by Gasteiger charge is -2.38. The number of nitrogens with one attached hydrogen (secondary N) is 1. The molecule has 0 bridgehead atoms. The topological polar surface area (TPSA) is 55.8 Å². The highest BCUT2D eigenvalue weighted by molar-refractivity contribution is 5.78. The third-order valence-electron chi connectivity index (χ3n) is 4.95. The van der Waals surface area contributed by atoms with E-state index in [9.17, 15) is 9.90 Å². The first-order chi connectivity index (χ1) is 9.21. The number of hydrogen-bond donors (Lipinski definition) is 2. The Kier molecular flexibility index (Phi) is 3.67. The Morgan fingerprint density at radius 1 is 1.11 bits per heavy atom. The number of nitrogens with zero attached hydrogens (tertiary/aromatic N) is 2. The Balaban J connectivity index is 1.66. The van der Waals surface area contributed by atoms with E-state index in [2.05, 4.69) is 10.2 Å². The van der Waals surface area contributed by atoms with Gasteiger partial charge in [0.15, 0.2) is 6.23 Å². The minimum Gasteiger partial charge on any atom is -0.371 e. The molecule has 2 aliphatic heterocycles. The maximum absolute atomic E-state index is 12.2. The molecule has 2 saturated heterocycles. The van der Waals surface area contributed by atoms with E-state index in [1.807, 2.05) is 0 Å². The van der Waals surface area contributed by atoms with Gasteiger partial charge in [-0.3, -0.25) is 9.80 Å². The average molecular weight is 267 g/mol. The first-order valence-corrected chi connectivity index (χ1v) is 7.70. The Morgan fingerprint density at radius 3 is 2.42 bits per heavy atom. The molecule has 2 heterocycles. The van der Waals surface area contributed by atoms with Crippen LogP contribution in [0.4, 0.5) is 4.79 Å². The predicted molar refractivity (Wildman–Crippen MR) is 72.5 cm³/mol. The van der Waals surface area contributed by atoms with Gasteiger partial charge in [0.2, 0.25) is 0 Å². The standard InChI is InChI=1S/C14H25N3O2/c18-12-14(7-3-1-4-8-14)15-13(19)17(12)11-16-9-5-2-6-10-16/h12,18H,1-11H2,(H,15,19). The normalized spacial score (nSPS) is 31.7. The van der Waals surface area contributed by atoms with Gasteiger partial charge in [-0.25, -0.2) is 4.79 Å². The zero-order valence-electron chi connectivity index (χ0n) is 11.6. The highest BCUT2D eigenvalue weighted by atomic mass is 16.3. The molecule has 1 atom stereocenters. The maximum Gasteiger partial charge on any atom is 0.321 e. The van der Waals surface area contributed by atoms with Crippen LogP contribution in [0.15, 0.2) is 0 Å². The number of carbonyl (C=O) groups is 1. The van der Waals surface area contributed by atoms with Gasteiger partial charge in [0.05, 0.1) is 12.2 Å². The SMILES string of the molecule is O=C1NC2(CCCCC2)C(O)N1CN1CCCCC1. The first kappa shape index (κ1) is 13.2. The van der Waals surface area contributed by atoms with Crippen molar-refractivity contribution in [3.05, 3.63) is 0 Å². The largest absolute Gasteiger partial charge is 0.371 e. The minimum atomic E-state index is -0.651. The maximum atomic E-state index is 12.2. The number of aliphatic hydroxyl groups is 1. The van der Waals surface area contributed by atoms with Crippen LogP contribution in [0.2, 0.25) is 0 Å². The van der Waals surface area contributed by atoms with E-state index in [1.165, 1.54) is 25.7 Å². The summed E-state index contributed by atoms with van der Waals surface area (Å²) in [4.78, 5) is 16.1. The molecule has 0 aromatic carbocycles. The molecule has 1 aliphatic carbocycles. The van der Waals surface area contributed by atoms with Crippen LogP contribution in [0.5, 0.6) is 0 Å². The molecule has 5 nitrogen and oxygen atoms in total. The van der Waals surface area contributed by atoms with Crippen LogP contribution in [0.3, 0.4) is 0 Å². The molecule has 1 saturated carbocycles. The van der Waals surface area contributed by atoms with Gasteiger partial charge >= 0.3 is 6.03 Å². The third-order valence-corrected chi connectivity index (χ3v) is 4.95. The minimum absolute atomic E-state index is 0.0834. The summed E-state index contributed by atoms with van der Waals surface area (Å²) >= 11 is 0. The van der Waals surface area contributed by atoms with Crippen molar-refractivity contribution in [2.45, 2.75) is 63.1 Å². The summed E-state index contributed by atoms with van der Waals surface area (Å²) in [7, 11) is 0. The molecule has 108 valence electrons. The second-order valence-electron chi connectivity index (χ2n) is 6.31. The van der Waals surface area contributed by atoms with Crippen molar-refractivity contribution in [3.8, 4) is 0 Å². The summed E-state index contributed by atoms with van der Waals surface area (Å²) < 4.78 is 0. The zero-order chi connectivity index (χ0) is 13.3. The van der Waals surface area contributed by atoms with Crippen molar-refractivity contribution in [2.24, 2.45) is 0 Å². The molecule has 3 rings (SSSR count). The van der Waals surface area contributed by atoms with Crippen molar-refractivity contribution in [1.82, 2.24) is 15.1 Å². The van der Waals surface area contributed by atoms with Crippen LogP contribution in [-0.2, 0) is 0 Å². The molecule has 3 aliphatic rings. The van der Waals surface area contributed by atoms with Gasteiger partial charge in [0, 0.05) is 0 Å². The summed E-state index contributed by atoms with van der Waals surface area (Å²) in [5.41, 5.74) is -0.370. The van der Waals surface area contributed by atoms with Crippen LogP contribution >= 0.6 is 0 Å². The summed E-state index contributed by atoms with van der Waals surface area (Å²) in [5.74, 6) is 0. The number of rotatable bonds is 2. The quantitative estimate of drug-likeness (QED) is 0.797. The van der Waals surface area contributed by atoms with Gasteiger partial charge in [-0.1, -0.05) is 25.7 Å². The Morgan fingerprint density at radius 2 is 1.74 bits per heavy atom. The molecule has 0 aromatic heterocycles. The van der Waals surface area contributed by atoms with E-state index in [0.717, 1.165) is 38.8 Å². The van der Waals surface area contributed by atoms with E-state index >= 15 is 0 Å². The molecule has 2 amide bonds. The van der Waals surface area contributed by atoms with Crippen molar-refractivity contribution in [3.63, 3.8) is 0 Å². The average Bonchev–Trinajstić information content (AvgIpc) is 2.66. The molecule has 3 fully saturated rings. The molecular formula is C14H25N3O2. The van der Waals surface area contributed by atoms with E-state index in [-0.39, 0.29) is 11.6 Å². The van der Waals surface area contributed by atoms with Gasteiger partial charge in [0.25, 0.3) is 0 Å². The lowest BCUT2D eigenvalue weighted by atomic mass is 9.81. The van der Waals surface area contributed by atoms with Gasteiger partial charge in [-0.15, -0.1) is 0 Å². The zero-order valence-corrected chi connectivity index (χ0v) is 11.6. The second kappa shape index (κ2) is 5.29. The lowest BCUT2D eigenvalue weighted by molar-refractivity contribution is -0.0350. The van der Waals surface area contributed by atoms with Crippen LogP contribution in [0, 0.1) is 0 Å². The van der Waals surface area contributed by atoms with E-state index < -0.39 is 6.23 Å². The Bertz CT molecular complexity index is 336. The Labute approximate surface area is 114 Å². The number of urea groups is 1. The fourth-order valence-electron chi connectivity index (χ4n) is 3.78. The summed E-state index contributed by atoms with van der Waals surface area (Å²) in [5, 5.41) is 13.7. The number of amides is 2. The van der Waals surface area contributed by atoms with Crippen molar-refractivity contribution in [1.29, 1.82) is 0 Å². The van der Waals surface area contributed by atoms with Crippen molar-refractivity contribution in [2.75, 3.05) is 19.8 Å². The van der Waals surface area contributed by atoms with E-state index in [1.54, 1.807) is 4.90 Å². The Hall–Kier alpha value is -0.810. The summed E-state index contributed by atoms with van der Waals surface area (Å²) in [6, 6.07) is -0.0834. The molecule has 0 radical (unpaired) electrons. The summed E-state index contributed by atoms with van der Waals surface area (Å²) in [6.45, 7) is 2.67. The summed E-state index contributed by atoms with van der Waals surface area (Å²) in [6.07, 6.45) is 8.30. The second-order valence-corrected chi connectivity index (χ2v) is 6.31. The number of carbonyl (C=O) groups excluding carboxylic acids is 1. The van der Waals surface area contributed by atoms with Crippen LogP contribution in [0.25, 0.3) is 0 Å². The fraction of sp³-hybridized carbons (Fsp3) is 0.929. The molecule has 19 heavy (non-hydrogen) atoms. The number of likely N-dealkylation sites (tertiary alicyclic amines) is 1. The van der Waals surface area contributed by atoms with Crippen LogP contribution in [-0.4, -0.2) is 52.5 Å². The van der Waals surface area contributed by atoms with Crippen molar-refractivity contribution < 1.29 is 9.90 Å². The van der Waals surface area contributed by atoms with E-state index in [4.69, 9.17) is 0 Å². The highest BCUT2D eigenvalue weighted by Gasteiger charge is 2.51. The lowest BCUT2D eigenvalue weighted by Crippen LogP contribution is -2.52. The van der Waals surface area contributed by atoms with Gasteiger partial charge < -0.3 is 10.4 Å². The molecule has 5 heteroatoms. The molecule has 2 N–H and O–H groups in total. The monoisotopic (exact) mass is 267 g/mol. The molecule has 1 unspecified atom stereocenters. The van der Waals surface area contributed by atoms with Crippen molar-refractivity contribution >= 4 is 6.03 Å². The van der Waals surface area contributed by atoms with Gasteiger partial charge in [-0.2, -0.15) is 0 Å². The predicted octanol–water partition coefficient (Wildman–Crippen LogP) is 1.48. The van der Waals surface area contributed by atoms with Crippen LogP contribution < -0.4 is 5.32 Å². The third kappa shape index (κ3) is 2.46. The highest BCUT2D eigenvalue weighted by Crippen LogP contribution is 2.36. The van der Waals surface area contributed by atoms with Crippen LogP contribution in [0.1, 0.15) is 51.4 Å². The number of hydrogen-bond acceptors (Lipinski definition) is 3. The first-order valence-electron chi connectivity index (χ1n) is 7.70. The van der Waals surface area contributed by atoms with E-state index in [0.29, 0.717) is 6.67 Å². The molecule has 0 aromatic rings. The smallest absolute Gasteiger partial charge is 0.321 e. The van der Waals surface area contributed by atoms with Gasteiger partial charge in [-0.05, 0) is 38.8 Å². The molecular weight excluding hydrogens is 242 g/mol.